The van der Waals surface area contributed by atoms with E-state index in [0.717, 1.165) is 0 Å². The Kier molecular flexibility index (Phi) is 10.5. The molecule has 5 atom stereocenters. The number of carbonyl (C=O) groups excluding carboxylic acids is 4. The molecule has 0 aromatic carbocycles. The number of nitrogens with one attached hydrogen (secondary N) is 1. The van der Waals surface area contributed by atoms with Crippen LogP contribution in [0.2, 0.25) is 0 Å². The summed E-state index contributed by atoms with van der Waals surface area (Å²) in [5, 5.41) is 2.60. The highest BCUT2D eigenvalue weighted by Crippen LogP contribution is 2.39. The van der Waals surface area contributed by atoms with Crippen LogP contribution < -0.4 is 5.32 Å². The van der Waals surface area contributed by atoms with E-state index < -0.39 is 76.1 Å². The van der Waals surface area contributed by atoms with Crippen molar-refractivity contribution in [3.63, 3.8) is 0 Å². The van der Waals surface area contributed by atoms with Crippen molar-refractivity contribution in [1.82, 2.24) is 5.32 Å². The summed E-state index contributed by atoms with van der Waals surface area (Å²) in [6.45, 7) is 3.56. The Morgan fingerprint density at radius 2 is 1.72 bits per heavy atom. The van der Waals surface area contributed by atoms with E-state index in [9.17, 15) is 27.6 Å². The zero-order valence-corrected chi connectivity index (χ0v) is 17.3. The van der Waals surface area contributed by atoms with Crippen LogP contribution in [0.5, 0.6) is 0 Å². The highest BCUT2D eigenvalue weighted by Gasteiger charge is 2.47. The van der Waals surface area contributed by atoms with Gasteiger partial charge in [0.2, 0.25) is 5.91 Å². The van der Waals surface area contributed by atoms with Crippen LogP contribution in [0.1, 0.15) is 27.7 Å². The largest absolute Gasteiger partial charge is 0.463 e. The van der Waals surface area contributed by atoms with E-state index in [1.165, 1.54) is 20.8 Å². The molecule has 1 N–H and O–H groups in total. The zero-order chi connectivity index (χ0) is 22.1. The molecular weight excluding hydrogens is 419 g/mol. The van der Waals surface area contributed by atoms with E-state index in [1.807, 2.05) is 0 Å². The highest BCUT2D eigenvalue weighted by atomic mass is 31.2. The van der Waals surface area contributed by atoms with Gasteiger partial charge in [0.1, 0.15) is 32.0 Å². The molecule has 1 aliphatic rings. The normalized spacial score (nSPS) is 26.7. The minimum absolute atomic E-state index is 0.269. The molecule has 0 bridgehead atoms. The predicted octanol–water partition coefficient (Wildman–Crippen LogP) is 1.12. The summed E-state index contributed by atoms with van der Waals surface area (Å²) in [4.78, 5) is 45.8. The monoisotopic (exact) mass is 443 g/mol. The van der Waals surface area contributed by atoms with E-state index >= 15 is 0 Å². The number of rotatable bonds is 10. The van der Waals surface area contributed by atoms with Crippen LogP contribution in [0.4, 0.5) is 8.39 Å². The lowest BCUT2D eigenvalue weighted by Crippen LogP contribution is -2.62. The molecule has 13 heteroatoms. The van der Waals surface area contributed by atoms with Crippen molar-refractivity contribution in [2.45, 2.75) is 52.2 Å². The van der Waals surface area contributed by atoms with Gasteiger partial charge in [0.15, 0.2) is 12.1 Å². The van der Waals surface area contributed by atoms with Gasteiger partial charge in [-0.25, -0.2) is 0 Å². The van der Waals surface area contributed by atoms with Crippen molar-refractivity contribution in [3.05, 3.63) is 0 Å². The van der Waals surface area contributed by atoms with E-state index in [4.69, 9.17) is 18.9 Å². The van der Waals surface area contributed by atoms with Crippen molar-refractivity contribution >= 4 is 32.4 Å². The standard InChI is InChI=1S/C16H24F2NO9P/c1-8-14(19-9(2)20)16(25-5-12(23)6-26-29(17)18)28-13(7-24-10(3)21)15(8)27-11(4)22/h8,13-16H,5-7H2,1-4H3,(H,19,20). The molecule has 1 rings (SSSR count). The van der Waals surface area contributed by atoms with Gasteiger partial charge < -0.3 is 24.3 Å². The molecule has 0 radical (unpaired) electrons. The Balaban J connectivity index is 2.93. The lowest BCUT2D eigenvalue weighted by molar-refractivity contribution is -0.261. The number of Topliss-reactive ketones (excluding diaryl/α,β-unsaturated/α-hetero) is 1. The molecule has 0 aliphatic carbocycles. The molecule has 0 spiro atoms. The summed E-state index contributed by atoms with van der Waals surface area (Å²) in [5.74, 6) is -2.96. The fourth-order valence-corrected chi connectivity index (χ4v) is 2.99. The molecule has 5 unspecified atom stereocenters. The van der Waals surface area contributed by atoms with Crippen LogP contribution in [0.3, 0.4) is 0 Å². The van der Waals surface area contributed by atoms with Gasteiger partial charge in [-0.2, -0.15) is 8.39 Å². The van der Waals surface area contributed by atoms with Gasteiger partial charge in [0.25, 0.3) is 0 Å². The van der Waals surface area contributed by atoms with Crippen LogP contribution >= 0.6 is 8.77 Å². The Labute approximate surface area is 167 Å². The smallest absolute Gasteiger partial charge is 0.415 e. The highest BCUT2D eigenvalue weighted by molar-refractivity contribution is 7.40. The first kappa shape index (κ1) is 25.3. The molecule has 10 nitrogen and oxygen atoms in total. The summed E-state index contributed by atoms with van der Waals surface area (Å²) < 4.78 is 49.4. The van der Waals surface area contributed by atoms with E-state index in [0.29, 0.717) is 0 Å². The number of ketones is 1. The van der Waals surface area contributed by atoms with Gasteiger partial charge in [0.05, 0.1) is 6.04 Å². The molecule has 0 saturated carbocycles. The predicted molar refractivity (Wildman–Crippen MR) is 93.7 cm³/mol. The number of halogens is 2. The molecular formula is C16H24F2NO9P. The number of ether oxygens (including phenoxy) is 4. The van der Waals surface area contributed by atoms with Crippen LogP contribution in [0.15, 0.2) is 0 Å². The van der Waals surface area contributed by atoms with Gasteiger partial charge in [-0.05, 0) is 0 Å². The molecule has 29 heavy (non-hydrogen) atoms. The maximum atomic E-state index is 12.1. The topological polar surface area (TPSA) is 126 Å². The van der Waals surface area contributed by atoms with Crippen LogP contribution in [-0.2, 0) is 42.6 Å². The molecule has 1 heterocycles. The Morgan fingerprint density at radius 1 is 1.07 bits per heavy atom. The Morgan fingerprint density at radius 3 is 2.24 bits per heavy atom. The third-order valence-electron chi connectivity index (χ3n) is 3.91. The van der Waals surface area contributed by atoms with Gasteiger partial charge in [-0.3, -0.25) is 23.7 Å². The Hall–Kier alpha value is -1.75. The number of carbonyl (C=O) groups is 4. The quantitative estimate of drug-likeness (QED) is 0.390. The average molecular weight is 443 g/mol. The summed E-state index contributed by atoms with van der Waals surface area (Å²) in [7, 11) is -3.68. The molecule has 1 fully saturated rings. The van der Waals surface area contributed by atoms with Crippen LogP contribution in [0.25, 0.3) is 0 Å². The second-order valence-electron chi connectivity index (χ2n) is 6.33. The molecule has 0 aromatic heterocycles. The summed E-state index contributed by atoms with van der Waals surface area (Å²) >= 11 is 0. The first-order valence-electron chi connectivity index (χ1n) is 8.62. The summed E-state index contributed by atoms with van der Waals surface area (Å²) in [6, 6.07) is -0.835. The molecule has 1 amide bonds. The first-order valence-corrected chi connectivity index (χ1v) is 9.66. The van der Waals surface area contributed by atoms with Crippen molar-refractivity contribution in [3.8, 4) is 0 Å². The lowest BCUT2D eigenvalue weighted by atomic mass is 9.88. The number of amides is 1. The Bertz CT molecular complexity index is 605. The lowest BCUT2D eigenvalue weighted by Gasteiger charge is -2.44. The maximum Gasteiger partial charge on any atom is 0.415 e. The van der Waals surface area contributed by atoms with E-state index in [2.05, 4.69) is 9.84 Å². The third-order valence-corrected chi connectivity index (χ3v) is 4.23. The maximum absolute atomic E-state index is 12.1. The van der Waals surface area contributed by atoms with E-state index in [1.54, 1.807) is 6.92 Å². The molecule has 166 valence electrons. The van der Waals surface area contributed by atoms with Crippen molar-refractivity contribution in [2.24, 2.45) is 5.92 Å². The summed E-state index contributed by atoms with van der Waals surface area (Å²) in [5.41, 5.74) is 0. The molecule has 1 aliphatic heterocycles. The summed E-state index contributed by atoms with van der Waals surface area (Å²) in [6.07, 6.45) is -3.02. The van der Waals surface area contributed by atoms with Crippen molar-refractivity contribution in [2.75, 3.05) is 19.8 Å². The molecule has 1 saturated heterocycles. The van der Waals surface area contributed by atoms with Gasteiger partial charge in [0, 0.05) is 26.7 Å². The number of hydrogen-bond donors (Lipinski definition) is 1. The SMILES string of the molecule is CC(=O)NC1C(OCC(=O)COP(F)F)OC(COC(C)=O)C(OC(C)=O)C1C. The van der Waals surface area contributed by atoms with Gasteiger partial charge in [-0.1, -0.05) is 6.92 Å². The van der Waals surface area contributed by atoms with Crippen molar-refractivity contribution in [1.29, 1.82) is 0 Å². The van der Waals surface area contributed by atoms with E-state index in [-0.39, 0.29) is 6.61 Å². The molecule has 0 aromatic rings. The zero-order valence-electron chi connectivity index (χ0n) is 16.4. The second kappa shape index (κ2) is 12.1. The number of hydrogen-bond acceptors (Lipinski definition) is 9. The second-order valence-corrected chi connectivity index (χ2v) is 6.99. The minimum atomic E-state index is -3.68. The van der Waals surface area contributed by atoms with Crippen LogP contribution in [-0.4, -0.2) is 68.0 Å². The number of esters is 2. The third kappa shape index (κ3) is 9.07. The first-order chi connectivity index (χ1) is 13.5. The van der Waals surface area contributed by atoms with Crippen molar-refractivity contribution < 1.29 is 51.0 Å². The van der Waals surface area contributed by atoms with Gasteiger partial charge >= 0.3 is 20.7 Å². The van der Waals surface area contributed by atoms with Gasteiger partial charge in [-0.15, -0.1) is 0 Å². The minimum Gasteiger partial charge on any atom is -0.463 e. The fraction of sp³-hybridized carbons (Fsp3) is 0.750. The average Bonchev–Trinajstić information content (AvgIpc) is 2.60. The fourth-order valence-electron chi connectivity index (χ4n) is 2.75. The van der Waals surface area contributed by atoms with Crippen LogP contribution in [0, 0.1) is 5.92 Å².